The van der Waals surface area contributed by atoms with Crippen LogP contribution in [0.2, 0.25) is 0 Å². The average molecular weight is 292 g/mol. The molecule has 5 nitrogen and oxygen atoms in total. The Labute approximate surface area is 126 Å². The number of nitrogens with one attached hydrogen (secondary N) is 1. The number of hydrogen-bond acceptors (Lipinski definition) is 4. The van der Waals surface area contributed by atoms with Gasteiger partial charge in [-0.05, 0) is 44.7 Å². The Balaban J connectivity index is 2.31. The fourth-order valence-corrected chi connectivity index (χ4v) is 1.89. The van der Waals surface area contributed by atoms with E-state index in [2.05, 4.69) is 10.2 Å². The first-order valence-electron chi connectivity index (χ1n) is 7.11. The Hall–Kier alpha value is -1.72. The molecular formula is C16H24N2O3. The smallest absolute Gasteiger partial charge is 0.225 e. The summed E-state index contributed by atoms with van der Waals surface area (Å²) in [5.74, 6) is -0.00488. The third-order valence-corrected chi connectivity index (χ3v) is 3.18. The molecule has 0 saturated carbocycles. The maximum absolute atomic E-state index is 11.8. The minimum atomic E-state index is -0.0239. The van der Waals surface area contributed by atoms with Gasteiger partial charge < -0.3 is 15.0 Å². The van der Waals surface area contributed by atoms with Crippen molar-refractivity contribution in [3.8, 4) is 0 Å². The van der Waals surface area contributed by atoms with Crippen molar-refractivity contribution in [2.24, 2.45) is 0 Å². The summed E-state index contributed by atoms with van der Waals surface area (Å²) in [5, 5.41) is 2.83. The van der Waals surface area contributed by atoms with Crippen molar-refractivity contribution < 1.29 is 14.3 Å². The largest absolute Gasteiger partial charge is 0.385 e. The van der Waals surface area contributed by atoms with E-state index in [1.54, 1.807) is 31.4 Å². The monoisotopic (exact) mass is 292 g/mol. The van der Waals surface area contributed by atoms with Gasteiger partial charge in [0.25, 0.3) is 0 Å². The number of amides is 1. The summed E-state index contributed by atoms with van der Waals surface area (Å²) in [6.45, 7) is 3.88. The van der Waals surface area contributed by atoms with Gasteiger partial charge in [0.1, 0.15) is 0 Å². The minimum Gasteiger partial charge on any atom is -0.385 e. The zero-order valence-corrected chi connectivity index (χ0v) is 13.0. The van der Waals surface area contributed by atoms with E-state index >= 15 is 0 Å². The van der Waals surface area contributed by atoms with Crippen LogP contribution in [0.1, 0.15) is 30.1 Å². The number of carbonyl (C=O) groups excluding carboxylic acids is 2. The summed E-state index contributed by atoms with van der Waals surface area (Å²) >= 11 is 0. The lowest BCUT2D eigenvalue weighted by atomic mass is 10.1. The number of ether oxygens (including phenoxy) is 1. The molecule has 1 aromatic rings. The van der Waals surface area contributed by atoms with Crippen LogP contribution in [0.4, 0.5) is 5.69 Å². The molecule has 1 amide bonds. The Bertz CT molecular complexity index is 457. The summed E-state index contributed by atoms with van der Waals surface area (Å²) in [6.07, 6.45) is 1.40. The fraction of sp³-hybridized carbons (Fsp3) is 0.500. The number of anilines is 1. The van der Waals surface area contributed by atoms with E-state index in [9.17, 15) is 9.59 Å². The lowest BCUT2D eigenvalue weighted by Gasteiger charge is -2.15. The van der Waals surface area contributed by atoms with Crippen LogP contribution < -0.4 is 5.32 Å². The van der Waals surface area contributed by atoms with Crippen molar-refractivity contribution in [3.05, 3.63) is 29.8 Å². The molecule has 0 aromatic heterocycles. The van der Waals surface area contributed by atoms with Gasteiger partial charge in [0.2, 0.25) is 5.91 Å². The molecule has 0 unspecified atom stereocenters. The Morgan fingerprint density at radius 1 is 1.19 bits per heavy atom. The third kappa shape index (κ3) is 7.02. The normalized spacial score (nSPS) is 10.7. The number of methoxy groups -OCH3 is 1. The first-order valence-corrected chi connectivity index (χ1v) is 7.11. The second kappa shape index (κ2) is 9.26. The van der Waals surface area contributed by atoms with E-state index in [0.29, 0.717) is 24.2 Å². The SMILES string of the molecule is COCCCN(C)CCC(=O)Nc1ccc(C(C)=O)cc1. The first-order chi connectivity index (χ1) is 10.0. The van der Waals surface area contributed by atoms with E-state index in [1.165, 1.54) is 6.92 Å². The molecule has 0 bridgehead atoms. The quantitative estimate of drug-likeness (QED) is 0.560. The Kier molecular flexibility index (Phi) is 7.64. The van der Waals surface area contributed by atoms with E-state index in [-0.39, 0.29) is 11.7 Å². The summed E-state index contributed by atoms with van der Waals surface area (Å²) in [6, 6.07) is 6.93. The zero-order valence-electron chi connectivity index (χ0n) is 13.0. The van der Waals surface area contributed by atoms with Gasteiger partial charge >= 0.3 is 0 Å². The van der Waals surface area contributed by atoms with Crippen LogP contribution in [0.5, 0.6) is 0 Å². The standard InChI is InChI=1S/C16H24N2O3/c1-13(19)14-5-7-15(8-6-14)17-16(20)9-11-18(2)10-4-12-21-3/h5-8H,4,9-12H2,1-3H3,(H,17,20). The maximum Gasteiger partial charge on any atom is 0.225 e. The number of Topliss-reactive ketones (excluding diaryl/α,β-unsaturated/α-hetero) is 1. The van der Waals surface area contributed by atoms with Crippen LogP contribution in [0, 0.1) is 0 Å². The summed E-state index contributed by atoms with van der Waals surface area (Å²) in [4.78, 5) is 25.1. The molecular weight excluding hydrogens is 268 g/mol. The highest BCUT2D eigenvalue weighted by molar-refractivity contribution is 5.95. The maximum atomic E-state index is 11.8. The van der Waals surface area contributed by atoms with Crippen LogP contribution in [0.3, 0.4) is 0 Å². The van der Waals surface area contributed by atoms with E-state index < -0.39 is 0 Å². The van der Waals surface area contributed by atoms with E-state index in [0.717, 1.165) is 19.6 Å². The number of ketones is 1. The molecule has 5 heteroatoms. The number of hydrogen-bond donors (Lipinski definition) is 1. The zero-order chi connectivity index (χ0) is 15.7. The van der Waals surface area contributed by atoms with Crippen LogP contribution in [-0.4, -0.2) is 50.4 Å². The van der Waals surface area contributed by atoms with Gasteiger partial charge in [-0.25, -0.2) is 0 Å². The van der Waals surface area contributed by atoms with Gasteiger partial charge in [-0.1, -0.05) is 0 Å². The summed E-state index contributed by atoms with van der Waals surface area (Å²) in [5.41, 5.74) is 1.36. The van der Waals surface area contributed by atoms with Gasteiger partial charge in [0.15, 0.2) is 5.78 Å². The van der Waals surface area contributed by atoms with Crippen molar-refractivity contribution in [1.82, 2.24) is 4.90 Å². The topological polar surface area (TPSA) is 58.6 Å². The molecule has 0 saturated heterocycles. The molecule has 0 fully saturated rings. The number of carbonyl (C=O) groups is 2. The molecule has 1 N–H and O–H groups in total. The Morgan fingerprint density at radius 3 is 2.43 bits per heavy atom. The molecule has 1 rings (SSSR count). The second-order valence-electron chi connectivity index (χ2n) is 5.08. The van der Waals surface area contributed by atoms with Crippen LogP contribution in [0.15, 0.2) is 24.3 Å². The summed E-state index contributed by atoms with van der Waals surface area (Å²) < 4.78 is 4.99. The third-order valence-electron chi connectivity index (χ3n) is 3.18. The highest BCUT2D eigenvalue weighted by atomic mass is 16.5. The van der Waals surface area contributed by atoms with Crippen LogP contribution >= 0.6 is 0 Å². The highest BCUT2D eigenvalue weighted by Gasteiger charge is 2.06. The predicted octanol–water partition coefficient (Wildman–Crippen LogP) is 2.19. The lowest BCUT2D eigenvalue weighted by Crippen LogP contribution is -2.25. The minimum absolute atomic E-state index is 0.0190. The molecule has 0 heterocycles. The molecule has 0 radical (unpaired) electrons. The van der Waals surface area contributed by atoms with Gasteiger partial charge in [-0.3, -0.25) is 9.59 Å². The highest BCUT2D eigenvalue weighted by Crippen LogP contribution is 2.10. The fourth-order valence-electron chi connectivity index (χ4n) is 1.89. The molecule has 0 aliphatic rings. The number of nitrogens with zero attached hydrogens (tertiary/aromatic N) is 1. The summed E-state index contributed by atoms with van der Waals surface area (Å²) in [7, 11) is 3.68. The molecule has 116 valence electrons. The first kappa shape index (κ1) is 17.3. The molecule has 1 aromatic carbocycles. The number of benzene rings is 1. The average Bonchev–Trinajstić information content (AvgIpc) is 2.46. The van der Waals surface area contributed by atoms with Crippen molar-refractivity contribution in [3.63, 3.8) is 0 Å². The molecule has 0 aliphatic carbocycles. The van der Waals surface area contributed by atoms with Gasteiger partial charge in [-0.15, -0.1) is 0 Å². The molecule has 0 aliphatic heterocycles. The van der Waals surface area contributed by atoms with E-state index in [4.69, 9.17) is 4.74 Å². The molecule has 0 atom stereocenters. The lowest BCUT2D eigenvalue weighted by molar-refractivity contribution is -0.116. The van der Waals surface area contributed by atoms with Crippen molar-refractivity contribution in [1.29, 1.82) is 0 Å². The predicted molar refractivity (Wildman–Crippen MR) is 83.7 cm³/mol. The van der Waals surface area contributed by atoms with Crippen LogP contribution in [-0.2, 0) is 9.53 Å². The van der Waals surface area contributed by atoms with Crippen molar-refractivity contribution in [2.45, 2.75) is 19.8 Å². The second-order valence-corrected chi connectivity index (χ2v) is 5.08. The Morgan fingerprint density at radius 2 is 1.86 bits per heavy atom. The van der Waals surface area contributed by atoms with Crippen molar-refractivity contribution in [2.75, 3.05) is 39.2 Å². The van der Waals surface area contributed by atoms with Crippen molar-refractivity contribution >= 4 is 17.4 Å². The van der Waals surface area contributed by atoms with Crippen LogP contribution in [0.25, 0.3) is 0 Å². The van der Waals surface area contributed by atoms with E-state index in [1.807, 2.05) is 7.05 Å². The molecule has 0 spiro atoms. The number of rotatable bonds is 9. The van der Waals surface area contributed by atoms with Gasteiger partial charge in [-0.2, -0.15) is 0 Å². The van der Waals surface area contributed by atoms with Gasteiger partial charge in [0.05, 0.1) is 0 Å². The van der Waals surface area contributed by atoms with Gasteiger partial charge in [0, 0.05) is 44.5 Å². The molecule has 21 heavy (non-hydrogen) atoms.